The summed E-state index contributed by atoms with van der Waals surface area (Å²) in [4.78, 5) is 11.1. The third-order valence-corrected chi connectivity index (χ3v) is 4.73. The summed E-state index contributed by atoms with van der Waals surface area (Å²) in [5.74, 6) is 0.740. The van der Waals surface area contributed by atoms with Crippen LogP contribution in [0.25, 0.3) is 0 Å². The molecule has 2 aliphatic rings. The van der Waals surface area contributed by atoms with E-state index in [2.05, 4.69) is 20.9 Å². The molecule has 4 heteroatoms. The molecule has 0 amide bonds. The van der Waals surface area contributed by atoms with Gasteiger partial charge in [0.25, 0.3) is 0 Å². The third-order valence-electron chi connectivity index (χ3n) is 4.73. The second-order valence-corrected chi connectivity index (χ2v) is 6.00. The van der Waals surface area contributed by atoms with Gasteiger partial charge in [0.2, 0.25) is 5.95 Å². The van der Waals surface area contributed by atoms with Gasteiger partial charge in [0, 0.05) is 18.8 Å². The Morgan fingerprint density at radius 2 is 1.84 bits per heavy atom. The van der Waals surface area contributed by atoms with E-state index in [-0.39, 0.29) is 0 Å². The Hall–Kier alpha value is -1.63. The van der Waals surface area contributed by atoms with Gasteiger partial charge >= 0.3 is 0 Å². The van der Waals surface area contributed by atoms with Crippen LogP contribution < -0.4 is 4.90 Å². The summed E-state index contributed by atoms with van der Waals surface area (Å²) >= 11 is 0. The van der Waals surface area contributed by atoms with Crippen LogP contribution in [0.3, 0.4) is 0 Å². The number of hydrogen-bond donors (Lipinski definition) is 0. The second kappa shape index (κ2) is 4.80. The zero-order valence-electron chi connectivity index (χ0n) is 11.5. The van der Waals surface area contributed by atoms with Crippen LogP contribution in [0.2, 0.25) is 0 Å². The van der Waals surface area contributed by atoms with Gasteiger partial charge in [-0.3, -0.25) is 0 Å². The predicted molar refractivity (Wildman–Crippen MR) is 73.8 cm³/mol. The molecule has 0 aromatic carbocycles. The van der Waals surface area contributed by atoms with Crippen LogP contribution in [0.1, 0.15) is 49.9 Å². The van der Waals surface area contributed by atoms with Crippen molar-refractivity contribution < 1.29 is 0 Å². The van der Waals surface area contributed by atoms with Crippen LogP contribution in [0, 0.1) is 23.7 Å². The first kappa shape index (κ1) is 12.4. The molecule has 1 saturated heterocycles. The first-order chi connectivity index (χ1) is 9.21. The lowest BCUT2D eigenvalue weighted by Gasteiger charge is -2.39. The number of nitriles is 1. The van der Waals surface area contributed by atoms with E-state index in [1.807, 2.05) is 6.92 Å². The number of piperidine rings is 1. The molecule has 0 atom stereocenters. The minimum atomic E-state index is 0.476. The zero-order chi connectivity index (χ0) is 13.3. The fourth-order valence-electron chi connectivity index (χ4n) is 3.56. The Morgan fingerprint density at radius 3 is 2.47 bits per heavy atom. The highest BCUT2D eigenvalue weighted by Gasteiger charge is 2.37. The van der Waals surface area contributed by atoms with E-state index in [0.717, 1.165) is 24.7 Å². The van der Waals surface area contributed by atoms with Gasteiger partial charge < -0.3 is 4.90 Å². The van der Waals surface area contributed by atoms with Crippen LogP contribution in [0.5, 0.6) is 0 Å². The number of anilines is 1. The van der Waals surface area contributed by atoms with Crippen molar-refractivity contribution in [1.29, 1.82) is 5.26 Å². The Labute approximate surface area is 114 Å². The van der Waals surface area contributed by atoms with Gasteiger partial charge in [0.05, 0.1) is 0 Å². The summed E-state index contributed by atoms with van der Waals surface area (Å²) < 4.78 is 0. The first-order valence-corrected chi connectivity index (χ1v) is 7.22. The van der Waals surface area contributed by atoms with Crippen LogP contribution in [-0.2, 0) is 0 Å². The monoisotopic (exact) mass is 256 g/mol. The fraction of sp³-hybridized carbons (Fsp3) is 0.667. The van der Waals surface area contributed by atoms with Crippen molar-refractivity contribution in [3.8, 4) is 6.07 Å². The highest BCUT2D eigenvalue weighted by Crippen LogP contribution is 2.46. The molecule has 0 bridgehead atoms. The van der Waals surface area contributed by atoms with Crippen LogP contribution in [-0.4, -0.2) is 23.1 Å². The molecule has 1 aliphatic heterocycles. The van der Waals surface area contributed by atoms with E-state index in [4.69, 9.17) is 5.26 Å². The normalized spacial score (nSPS) is 21.6. The third kappa shape index (κ3) is 2.42. The van der Waals surface area contributed by atoms with E-state index >= 15 is 0 Å². The van der Waals surface area contributed by atoms with Crippen molar-refractivity contribution in [2.24, 2.45) is 5.41 Å². The SMILES string of the molecule is Cc1cc(C#N)nc(N2CCC3(CCCC3)CC2)n1. The average molecular weight is 256 g/mol. The van der Waals surface area contributed by atoms with Crippen LogP contribution >= 0.6 is 0 Å². The van der Waals surface area contributed by atoms with Gasteiger partial charge in [0.15, 0.2) is 0 Å². The Bertz CT molecular complexity index is 501. The van der Waals surface area contributed by atoms with Crippen molar-refractivity contribution in [2.75, 3.05) is 18.0 Å². The van der Waals surface area contributed by atoms with E-state index in [1.165, 1.54) is 38.5 Å². The predicted octanol–water partition coefficient (Wildman–Crippen LogP) is 2.82. The smallest absolute Gasteiger partial charge is 0.226 e. The molecule has 1 saturated carbocycles. The molecule has 4 nitrogen and oxygen atoms in total. The maximum Gasteiger partial charge on any atom is 0.226 e. The summed E-state index contributed by atoms with van der Waals surface area (Å²) in [5, 5.41) is 8.99. The molecule has 3 rings (SSSR count). The Balaban J connectivity index is 1.74. The molecule has 19 heavy (non-hydrogen) atoms. The highest BCUT2D eigenvalue weighted by molar-refractivity contribution is 5.36. The van der Waals surface area contributed by atoms with E-state index in [0.29, 0.717) is 11.1 Å². The topological polar surface area (TPSA) is 52.8 Å². The van der Waals surface area contributed by atoms with E-state index in [9.17, 15) is 0 Å². The molecular formula is C15H20N4. The number of nitrogens with zero attached hydrogens (tertiary/aromatic N) is 4. The second-order valence-electron chi connectivity index (χ2n) is 6.00. The molecular weight excluding hydrogens is 236 g/mol. The number of hydrogen-bond acceptors (Lipinski definition) is 4. The number of rotatable bonds is 1. The first-order valence-electron chi connectivity index (χ1n) is 7.22. The van der Waals surface area contributed by atoms with Gasteiger partial charge in [0.1, 0.15) is 11.8 Å². The van der Waals surface area contributed by atoms with Gasteiger partial charge in [-0.05, 0) is 44.1 Å². The summed E-state index contributed by atoms with van der Waals surface area (Å²) in [6.07, 6.45) is 8.12. The summed E-state index contributed by atoms with van der Waals surface area (Å²) in [5.41, 5.74) is 1.96. The van der Waals surface area contributed by atoms with Crippen molar-refractivity contribution >= 4 is 5.95 Å². The molecule has 0 radical (unpaired) electrons. The number of aryl methyl sites for hydroxylation is 1. The van der Waals surface area contributed by atoms with Crippen molar-refractivity contribution in [1.82, 2.24) is 9.97 Å². The Morgan fingerprint density at radius 1 is 1.16 bits per heavy atom. The molecule has 2 heterocycles. The van der Waals surface area contributed by atoms with Crippen molar-refractivity contribution in [3.05, 3.63) is 17.5 Å². The van der Waals surface area contributed by atoms with Gasteiger partial charge in [-0.15, -0.1) is 0 Å². The molecule has 1 aromatic rings. The lowest BCUT2D eigenvalue weighted by atomic mass is 9.77. The summed E-state index contributed by atoms with van der Waals surface area (Å²) in [7, 11) is 0. The average Bonchev–Trinajstić information content (AvgIpc) is 2.87. The largest absolute Gasteiger partial charge is 0.341 e. The van der Waals surface area contributed by atoms with Crippen molar-refractivity contribution in [3.63, 3.8) is 0 Å². The minimum absolute atomic E-state index is 0.476. The fourth-order valence-corrected chi connectivity index (χ4v) is 3.56. The molecule has 100 valence electrons. The molecule has 0 unspecified atom stereocenters. The van der Waals surface area contributed by atoms with Crippen molar-refractivity contribution in [2.45, 2.75) is 45.4 Å². The van der Waals surface area contributed by atoms with Gasteiger partial charge in [-0.1, -0.05) is 12.8 Å². The molecule has 1 aromatic heterocycles. The van der Waals surface area contributed by atoms with Gasteiger partial charge in [-0.25, -0.2) is 9.97 Å². The summed E-state index contributed by atoms with van der Waals surface area (Å²) in [6, 6.07) is 3.86. The Kier molecular flexibility index (Phi) is 3.14. The summed E-state index contributed by atoms with van der Waals surface area (Å²) in [6.45, 7) is 4.00. The van der Waals surface area contributed by atoms with Crippen LogP contribution in [0.15, 0.2) is 6.07 Å². The van der Waals surface area contributed by atoms with E-state index < -0.39 is 0 Å². The van der Waals surface area contributed by atoms with Crippen LogP contribution in [0.4, 0.5) is 5.95 Å². The molecule has 0 N–H and O–H groups in total. The molecule has 1 spiro atoms. The lowest BCUT2D eigenvalue weighted by Crippen LogP contribution is -2.39. The quantitative estimate of drug-likeness (QED) is 0.775. The minimum Gasteiger partial charge on any atom is -0.341 e. The molecule has 2 fully saturated rings. The standard InChI is InChI=1S/C15H20N4/c1-12-10-13(11-16)18-14(17-12)19-8-6-15(7-9-19)4-2-3-5-15/h10H,2-9H2,1H3. The number of aromatic nitrogens is 2. The maximum absolute atomic E-state index is 8.99. The van der Waals surface area contributed by atoms with Gasteiger partial charge in [-0.2, -0.15) is 5.26 Å². The molecule has 1 aliphatic carbocycles. The maximum atomic E-state index is 8.99. The zero-order valence-corrected chi connectivity index (χ0v) is 11.5. The van der Waals surface area contributed by atoms with E-state index in [1.54, 1.807) is 6.07 Å². The highest BCUT2D eigenvalue weighted by atomic mass is 15.3. The lowest BCUT2D eigenvalue weighted by molar-refractivity contribution is 0.225.